The van der Waals surface area contributed by atoms with E-state index in [0.29, 0.717) is 12.2 Å². The Balaban J connectivity index is 1.87. The van der Waals surface area contributed by atoms with Crippen LogP contribution in [0.25, 0.3) is 0 Å². The fourth-order valence-electron chi connectivity index (χ4n) is 2.65. The zero-order chi connectivity index (χ0) is 17.1. The summed E-state index contributed by atoms with van der Waals surface area (Å²) in [7, 11) is 0. The highest BCUT2D eigenvalue weighted by atomic mass is 16.2. The maximum absolute atomic E-state index is 12.6. The van der Waals surface area contributed by atoms with E-state index in [1.54, 1.807) is 0 Å². The van der Waals surface area contributed by atoms with E-state index in [9.17, 15) is 9.59 Å². The number of carbonyl (C=O) groups excluding carboxylic acids is 1. The molecule has 0 saturated carbocycles. The molecule has 1 amide bonds. The molecular formula is C19H19N3O2. The minimum absolute atomic E-state index is 0.301. The molecule has 1 heterocycles. The summed E-state index contributed by atoms with van der Waals surface area (Å²) in [5.74, 6) is -0.309. The van der Waals surface area contributed by atoms with Crippen molar-refractivity contribution in [3.63, 3.8) is 0 Å². The zero-order valence-electron chi connectivity index (χ0n) is 13.7. The Bertz CT molecular complexity index is 923. The van der Waals surface area contributed by atoms with Crippen molar-refractivity contribution in [3.05, 3.63) is 87.6 Å². The van der Waals surface area contributed by atoms with Crippen molar-refractivity contribution >= 4 is 11.6 Å². The maximum Gasteiger partial charge on any atom is 0.326 e. The van der Waals surface area contributed by atoms with E-state index in [1.807, 2.05) is 62.4 Å². The molecule has 122 valence electrons. The summed E-state index contributed by atoms with van der Waals surface area (Å²) >= 11 is 0. The van der Waals surface area contributed by atoms with Crippen molar-refractivity contribution in [1.82, 2.24) is 9.55 Å². The lowest BCUT2D eigenvalue weighted by Crippen LogP contribution is -2.24. The predicted octanol–water partition coefficient (Wildman–Crippen LogP) is 3.09. The van der Waals surface area contributed by atoms with Gasteiger partial charge in [0.2, 0.25) is 0 Å². The van der Waals surface area contributed by atoms with Crippen LogP contribution in [0, 0.1) is 13.8 Å². The normalized spacial score (nSPS) is 10.6. The number of carbonyl (C=O) groups is 1. The Labute approximate surface area is 140 Å². The summed E-state index contributed by atoms with van der Waals surface area (Å²) in [5.41, 5.74) is 3.82. The van der Waals surface area contributed by atoms with E-state index in [2.05, 4.69) is 10.3 Å². The van der Waals surface area contributed by atoms with Gasteiger partial charge in [0.15, 0.2) is 0 Å². The molecule has 0 radical (unpaired) electrons. The second-order valence-corrected chi connectivity index (χ2v) is 5.82. The lowest BCUT2D eigenvalue weighted by Gasteiger charge is -2.11. The third kappa shape index (κ3) is 3.30. The first-order valence-corrected chi connectivity index (χ1v) is 7.75. The van der Waals surface area contributed by atoms with Crippen molar-refractivity contribution in [2.24, 2.45) is 0 Å². The molecular weight excluding hydrogens is 302 g/mol. The van der Waals surface area contributed by atoms with E-state index >= 15 is 0 Å². The number of aryl methyl sites for hydroxylation is 2. The van der Waals surface area contributed by atoms with E-state index in [0.717, 1.165) is 22.4 Å². The van der Waals surface area contributed by atoms with E-state index in [-0.39, 0.29) is 11.6 Å². The van der Waals surface area contributed by atoms with Crippen molar-refractivity contribution in [3.8, 4) is 0 Å². The second kappa shape index (κ2) is 6.58. The van der Waals surface area contributed by atoms with Gasteiger partial charge >= 0.3 is 5.69 Å². The molecule has 5 heteroatoms. The standard InChI is InChI=1S/C19H19N3O2/c1-13-8-9-16(14(2)10-13)21-18(23)17-11-20-19(24)22(17)12-15-6-4-3-5-7-15/h3-11H,12H2,1-2H3,(H,20,24)(H,21,23). The van der Waals surface area contributed by atoms with Crippen LogP contribution in [-0.2, 0) is 6.54 Å². The van der Waals surface area contributed by atoms with Gasteiger partial charge < -0.3 is 10.3 Å². The average molecular weight is 321 g/mol. The first-order valence-electron chi connectivity index (χ1n) is 7.75. The fraction of sp³-hybridized carbons (Fsp3) is 0.158. The monoisotopic (exact) mass is 321 g/mol. The highest BCUT2D eigenvalue weighted by molar-refractivity contribution is 6.03. The van der Waals surface area contributed by atoms with Crippen LogP contribution in [0.2, 0.25) is 0 Å². The number of imidazole rings is 1. The average Bonchev–Trinajstić information content (AvgIpc) is 2.92. The molecule has 0 spiro atoms. The Morgan fingerprint density at radius 3 is 2.58 bits per heavy atom. The molecule has 0 aliphatic heterocycles. The Hall–Kier alpha value is -3.08. The van der Waals surface area contributed by atoms with E-state index in [1.165, 1.54) is 10.8 Å². The van der Waals surface area contributed by atoms with Crippen LogP contribution in [0.3, 0.4) is 0 Å². The van der Waals surface area contributed by atoms with Gasteiger partial charge in [-0.25, -0.2) is 4.79 Å². The highest BCUT2D eigenvalue weighted by Crippen LogP contribution is 2.17. The minimum atomic E-state index is -0.309. The van der Waals surface area contributed by atoms with Crippen LogP contribution in [-0.4, -0.2) is 15.5 Å². The maximum atomic E-state index is 12.6. The van der Waals surface area contributed by atoms with Gasteiger partial charge in [0.1, 0.15) is 5.69 Å². The largest absolute Gasteiger partial charge is 0.326 e. The van der Waals surface area contributed by atoms with E-state index in [4.69, 9.17) is 0 Å². The number of hydrogen-bond donors (Lipinski definition) is 2. The van der Waals surface area contributed by atoms with Gasteiger partial charge in [-0.2, -0.15) is 0 Å². The number of amides is 1. The smallest absolute Gasteiger partial charge is 0.320 e. The number of nitrogens with one attached hydrogen (secondary N) is 2. The van der Waals surface area contributed by atoms with Gasteiger partial charge in [-0.3, -0.25) is 9.36 Å². The van der Waals surface area contributed by atoms with Gasteiger partial charge in [-0.15, -0.1) is 0 Å². The molecule has 24 heavy (non-hydrogen) atoms. The topological polar surface area (TPSA) is 66.9 Å². The molecule has 0 saturated heterocycles. The number of nitrogens with zero attached hydrogens (tertiary/aromatic N) is 1. The van der Waals surface area contributed by atoms with Crippen LogP contribution in [0.1, 0.15) is 27.2 Å². The van der Waals surface area contributed by atoms with E-state index < -0.39 is 0 Å². The van der Waals surface area contributed by atoms with Gasteiger partial charge in [-0.05, 0) is 31.0 Å². The summed E-state index contributed by atoms with van der Waals surface area (Å²) in [6.07, 6.45) is 1.45. The van der Waals surface area contributed by atoms with Crippen molar-refractivity contribution < 1.29 is 4.79 Å². The lowest BCUT2D eigenvalue weighted by atomic mass is 10.1. The lowest BCUT2D eigenvalue weighted by molar-refractivity contribution is 0.101. The Morgan fingerprint density at radius 1 is 1.12 bits per heavy atom. The van der Waals surface area contributed by atoms with Gasteiger partial charge in [0, 0.05) is 11.9 Å². The number of anilines is 1. The van der Waals surface area contributed by atoms with Crippen LogP contribution in [0.15, 0.2) is 59.5 Å². The van der Waals surface area contributed by atoms with Gasteiger partial charge in [-0.1, -0.05) is 48.0 Å². The van der Waals surface area contributed by atoms with Crippen LogP contribution in [0.4, 0.5) is 5.69 Å². The minimum Gasteiger partial charge on any atom is -0.320 e. The zero-order valence-corrected chi connectivity index (χ0v) is 13.7. The number of H-pyrrole nitrogens is 1. The van der Waals surface area contributed by atoms with Gasteiger partial charge in [0.25, 0.3) is 5.91 Å². The highest BCUT2D eigenvalue weighted by Gasteiger charge is 2.15. The summed E-state index contributed by atoms with van der Waals surface area (Å²) < 4.78 is 1.44. The molecule has 0 aliphatic rings. The molecule has 3 aromatic rings. The van der Waals surface area contributed by atoms with Crippen molar-refractivity contribution in [2.75, 3.05) is 5.32 Å². The molecule has 0 fully saturated rings. The third-order valence-electron chi connectivity index (χ3n) is 3.91. The first-order chi connectivity index (χ1) is 11.5. The fourth-order valence-corrected chi connectivity index (χ4v) is 2.65. The van der Waals surface area contributed by atoms with Crippen LogP contribution in [0.5, 0.6) is 0 Å². The first kappa shape index (κ1) is 15.8. The van der Waals surface area contributed by atoms with Crippen molar-refractivity contribution in [1.29, 1.82) is 0 Å². The molecule has 0 aliphatic carbocycles. The molecule has 0 unspecified atom stereocenters. The summed E-state index contributed by atoms with van der Waals surface area (Å²) in [6.45, 7) is 4.29. The number of rotatable bonds is 4. The number of hydrogen-bond acceptors (Lipinski definition) is 2. The summed E-state index contributed by atoms with van der Waals surface area (Å²) in [5, 5.41) is 2.87. The quantitative estimate of drug-likeness (QED) is 0.775. The molecule has 2 N–H and O–H groups in total. The summed E-state index contributed by atoms with van der Waals surface area (Å²) in [6, 6.07) is 15.4. The molecule has 1 aromatic heterocycles. The predicted molar refractivity (Wildman–Crippen MR) is 94.5 cm³/mol. The molecule has 0 atom stereocenters. The third-order valence-corrected chi connectivity index (χ3v) is 3.91. The summed E-state index contributed by atoms with van der Waals surface area (Å²) in [4.78, 5) is 27.2. The molecule has 0 bridgehead atoms. The number of benzene rings is 2. The Morgan fingerprint density at radius 2 is 1.88 bits per heavy atom. The SMILES string of the molecule is Cc1ccc(NC(=O)c2c[nH]c(=O)n2Cc2ccccc2)c(C)c1. The molecule has 5 nitrogen and oxygen atoms in total. The van der Waals surface area contributed by atoms with Crippen molar-refractivity contribution in [2.45, 2.75) is 20.4 Å². The van der Waals surface area contributed by atoms with Crippen LogP contribution >= 0.6 is 0 Å². The van der Waals surface area contributed by atoms with Crippen LogP contribution < -0.4 is 11.0 Å². The van der Waals surface area contributed by atoms with Gasteiger partial charge in [0.05, 0.1) is 6.54 Å². The molecule has 3 rings (SSSR count). The number of aromatic amines is 1. The number of aromatic nitrogens is 2. The second-order valence-electron chi connectivity index (χ2n) is 5.82. The Kier molecular flexibility index (Phi) is 4.33. The molecule has 2 aromatic carbocycles.